The van der Waals surface area contributed by atoms with Crippen molar-refractivity contribution in [1.82, 2.24) is 0 Å². The highest BCUT2D eigenvalue weighted by atomic mass is 16.6. The third-order valence-electron chi connectivity index (χ3n) is 2.36. The Hall–Kier alpha value is -0.820. The summed E-state index contributed by atoms with van der Waals surface area (Å²) in [5, 5.41) is 0. The first-order chi connectivity index (χ1) is 5.37. The number of ether oxygens (including phenoxy) is 1. The van der Waals surface area contributed by atoms with E-state index in [9.17, 15) is 0 Å². The molecule has 1 aliphatic rings. The average molecular weight is 148 g/mol. The largest absolute Gasteiger partial charge is 0.365 e. The van der Waals surface area contributed by atoms with E-state index in [1.165, 1.54) is 5.56 Å². The van der Waals surface area contributed by atoms with Gasteiger partial charge in [-0.3, -0.25) is 0 Å². The molecular weight excluding hydrogens is 136 g/mol. The standard InChI is InChI=1S/C10H12O/c1-2-10(8-11-10)9-6-4-3-5-7-9/h3-7H,2,8H2,1H3/t10-/m0/s1. The van der Waals surface area contributed by atoms with Crippen molar-refractivity contribution in [3.8, 4) is 0 Å². The topological polar surface area (TPSA) is 12.5 Å². The molecule has 1 heterocycles. The normalized spacial score (nSPS) is 28.5. The molecule has 0 bridgehead atoms. The van der Waals surface area contributed by atoms with Gasteiger partial charge in [0.05, 0.1) is 6.61 Å². The highest BCUT2D eigenvalue weighted by Crippen LogP contribution is 2.41. The van der Waals surface area contributed by atoms with Crippen molar-refractivity contribution in [2.24, 2.45) is 0 Å². The Kier molecular flexibility index (Phi) is 1.46. The van der Waals surface area contributed by atoms with Crippen LogP contribution in [0.1, 0.15) is 18.9 Å². The molecule has 0 radical (unpaired) electrons. The summed E-state index contributed by atoms with van der Waals surface area (Å²) in [6.45, 7) is 3.06. The van der Waals surface area contributed by atoms with E-state index < -0.39 is 0 Å². The molecule has 0 spiro atoms. The van der Waals surface area contributed by atoms with Crippen molar-refractivity contribution >= 4 is 0 Å². The molecule has 1 aliphatic heterocycles. The fourth-order valence-electron chi connectivity index (χ4n) is 1.40. The predicted molar refractivity (Wildman–Crippen MR) is 44.4 cm³/mol. The fourth-order valence-corrected chi connectivity index (χ4v) is 1.40. The van der Waals surface area contributed by atoms with E-state index >= 15 is 0 Å². The lowest BCUT2D eigenvalue weighted by Crippen LogP contribution is -2.05. The zero-order valence-corrected chi connectivity index (χ0v) is 6.71. The van der Waals surface area contributed by atoms with Crippen molar-refractivity contribution < 1.29 is 4.74 Å². The second kappa shape index (κ2) is 2.35. The molecule has 1 aromatic rings. The zero-order chi connectivity index (χ0) is 7.73. The van der Waals surface area contributed by atoms with Crippen LogP contribution < -0.4 is 0 Å². The Balaban J connectivity index is 2.30. The number of hydrogen-bond donors (Lipinski definition) is 0. The quantitative estimate of drug-likeness (QED) is 0.586. The first-order valence-corrected chi connectivity index (χ1v) is 4.07. The van der Waals surface area contributed by atoms with Crippen LogP contribution in [-0.4, -0.2) is 6.61 Å². The molecule has 1 saturated heterocycles. The van der Waals surface area contributed by atoms with Crippen molar-refractivity contribution in [3.63, 3.8) is 0 Å². The molecule has 2 rings (SSSR count). The van der Waals surface area contributed by atoms with E-state index in [1.807, 2.05) is 6.07 Å². The first kappa shape index (κ1) is 6.86. The molecule has 0 aliphatic carbocycles. The van der Waals surface area contributed by atoms with Gasteiger partial charge in [-0.1, -0.05) is 37.3 Å². The lowest BCUT2D eigenvalue weighted by atomic mass is 9.98. The molecule has 1 atom stereocenters. The molecule has 1 heteroatoms. The zero-order valence-electron chi connectivity index (χ0n) is 6.71. The van der Waals surface area contributed by atoms with E-state index in [4.69, 9.17) is 4.74 Å². The molecule has 1 aromatic carbocycles. The van der Waals surface area contributed by atoms with Gasteiger partial charge in [-0.2, -0.15) is 0 Å². The van der Waals surface area contributed by atoms with Crippen LogP contribution in [0.25, 0.3) is 0 Å². The van der Waals surface area contributed by atoms with Crippen LogP contribution in [-0.2, 0) is 10.3 Å². The number of benzene rings is 1. The monoisotopic (exact) mass is 148 g/mol. The Labute approximate surface area is 67.0 Å². The lowest BCUT2D eigenvalue weighted by molar-refractivity contribution is 0.301. The number of epoxide rings is 1. The van der Waals surface area contributed by atoms with Crippen LogP contribution in [0.5, 0.6) is 0 Å². The third kappa shape index (κ3) is 1.05. The highest BCUT2D eigenvalue weighted by Gasteiger charge is 2.44. The molecular formula is C10H12O. The molecule has 0 saturated carbocycles. The van der Waals surface area contributed by atoms with Gasteiger partial charge < -0.3 is 4.74 Å². The van der Waals surface area contributed by atoms with Crippen molar-refractivity contribution in [3.05, 3.63) is 35.9 Å². The van der Waals surface area contributed by atoms with Gasteiger partial charge in [-0.05, 0) is 12.0 Å². The second-order valence-electron chi connectivity index (χ2n) is 3.00. The van der Waals surface area contributed by atoms with Gasteiger partial charge in [-0.25, -0.2) is 0 Å². The Bertz CT molecular complexity index is 236. The molecule has 0 aromatic heterocycles. The molecule has 11 heavy (non-hydrogen) atoms. The second-order valence-corrected chi connectivity index (χ2v) is 3.00. The van der Waals surface area contributed by atoms with E-state index in [1.54, 1.807) is 0 Å². The van der Waals surface area contributed by atoms with Crippen molar-refractivity contribution in [1.29, 1.82) is 0 Å². The third-order valence-corrected chi connectivity index (χ3v) is 2.36. The van der Waals surface area contributed by atoms with Crippen molar-refractivity contribution in [2.45, 2.75) is 18.9 Å². The summed E-state index contributed by atoms with van der Waals surface area (Å²) >= 11 is 0. The molecule has 1 nitrogen and oxygen atoms in total. The van der Waals surface area contributed by atoms with Crippen LogP contribution in [0.2, 0.25) is 0 Å². The summed E-state index contributed by atoms with van der Waals surface area (Å²) in [5.74, 6) is 0. The summed E-state index contributed by atoms with van der Waals surface area (Å²) in [7, 11) is 0. The van der Waals surface area contributed by atoms with Gasteiger partial charge >= 0.3 is 0 Å². The highest BCUT2D eigenvalue weighted by molar-refractivity contribution is 5.26. The van der Waals surface area contributed by atoms with Crippen molar-refractivity contribution in [2.75, 3.05) is 6.61 Å². The van der Waals surface area contributed by atoms with Crippen LogP contribution in [0.15, 0.2) is 30.3 Å². The van der Waals surface area contributed by atoms with Gasteiger partial charge in [0.25, 0.3) is 0 Å². The van der Waals surface area contributed by atoms with Gasteiger partial charge in [0.1, 0.15) is 5.60 Å². The van der Waals surface area contributed by atoms with Crippen LogP contribution in [0, 0.1) is 0 Å². The van der Waals surface area contributed by atoms with Gasteiger partial charge in [-0.15, -0.1) is 0 Å². The van der Waals surface area contributed by atoms with E-state index in [0.717, 1.165) is 13.0 Å². The number of hydrogen-bond acceptors (Lipinski definition) is 1. The average Bonchev–Trinajstić information content (AvgIpc) is 2.86. The number of rotatable bonds is 2. The molecule has 1 fully saturated rings. The maximum absolute atomic E-state index is 5.43. The van der Waals surface area contributed by atoms with Crippen LogP contribution >= 0.6 is 0 Å². The van der Waals surface area contributed by atoms with E-state index in [2.05, 4.69) is 31.2 Å². The molecule has 0 unspecified atom stereocenters. The lowest BCUT2D eigenvalue weighted by Gasteiger charge is -2.07. The van der Waals surface area contributed by atoms with Gasteiger partial charge in [0.2, 0.25) is 0 Å². The predicted octanol–water partition coefficient (Wildman–Crippen LogP) is 2.32. The van der Waals surface area contributed by atoms with Gasteiger partial charge in [0, 0.05) is 0 Å². The Morgan fingerprint density at radius 1 is 1.36 bits per heavy atom. The summed E-state index contributed by atoms with van der Waals surface area (Å²) in [5.41, 5.74) is 1.41. The van der Waals surface area contributed by atoms with E-state index in [-0.39, 0.29) is 5.60 Å². The van der Waals surface area contributed by atoms with Crippen LogP contribution in [0.3, 0.4) is 0 Å². The molecule has 0 N–H and O–H groups in total. The minimum atomic E-state index is 0.0846. The molecule has 0 amide bonds. The first-order valence-electron chi connectivity index (χ1n) is 4.07. The minimum Gasteiger partial charge on any atom is -0.365 e. The van der Waals surface area contributed by atoms with Crippen LogP contribution in [0.4, 0.5) is 0 Å². The minimum absolute atomic E-state index is 0.0846. The summed E-state index contributed by atoms with van der Waals surface area (Å²) in [6, 6.07) is 10.4. The smallest absolute Gasteiger partial charge is 0.116 e. The maximum atomic E-state index is 5.43. The summed E-state index contributed by atoms with van der Waals surface area (Å²) < 4.78 is 5.43. The summed E-state index contributed by atoms with van der Waals surface area (Å²) in [4.78, 5) is 0. The maximum Gasteiger partial charge on any atom is 0.116 e. The molecule has 58 valence electrons. The fraction of sp³-hybridized carbons (Fsp3) is 0.400. The summed E-state index contributed by atoms with van der Waals surface area (Å²) in [6.07, 6.45) is 1.08. The Morgan fingerprint density at radius 3 is 2.45 bits per heavy atom. The van der Waals surface area contributed by atoms with E-state index in [0.29, 0.717) is 0 Å². The Morgan fingerprint density at radius 2 is 2.00 bits per heavy atom. The van der Waals surface area contributed by atoms with Gasteiger partial charge in [0.15, 0.2) is 0 Å². The SMILES string of the molecule is CC[C@@]1(c2ccccc2)CO1.